The Kier molecular flexibility index (Phi) is 1.87. The molecule has 16 heavy (non-hydrogen) atoms. The molecule has 0 radical (unpaired) electrons. The Morgan fingerprint density at radius 3 is 2.69 bits per heavy atom. The summed E-state index contributed by atoms with van der Waals surface area (Å²) in [5, 5.41) is 0.496. The lowest BCUT2D eigenvalue weighted by Gasteiger charge is -2.13. The molecule has 2 amide bonds. The Morgan fingerprint density at radius 2 is 2.12 bits per heavy atom. The fourth-order valence-electron chi connectivity index (χ4n) is 1.91. The molecule has 2 aliphatic heterocycles. The van der Waals surface area contributed by atoms with E-state index in [-0.39, 0.29) is 18.2 Å². The first-order valence-electron chi connectivity index (χ1n) is 4.89. The van der Waals surface area contributed by atoms with Crippen LogP contribution < -0.4 is 4.90 Å². The van der Waals surface area contributed by atoms with Crippen LogP contribution in [0.15, 0.2) is 24.3 Å². The van der Waals surface area contributed by atoms with E-state index < -0.39 is 5.60 Å². The number of imide groups is 1. The van der Waals surface area contributed by atoms with Crippen LogP contribution in [0, 0.1) is 0 Å². The summed E-state index contributed by atoms with van der Waals surface area (Å²) in [5.41, 5.74) is -0.353. The second-order valence-corrected chi connectivity index (χ2v) is 4.41. The number of hydrogen-bond acceptors (Lipinski definition) is 3. The maximum Gasteiger partial charge on any atom is 0.268 e. The van der Waals surface area contributed by atoms with Gasteiger partial charge in [-0.05, 0) is 18.2 Å². The fraction of sp³-hybridized carbons (Fsp3) is 0.273. The van der Waals surface area contributed by atoms with Crippen molar-refractivity contribution in [2.45, 2.75) is 12.0 Å². The number of carbonyl (C=O) groups is 2. The molecule has 0 bridgehead atoms. The summed E-state index contributed by atoms with van der Waals surface area (Å²) < 4.78 is 5.08. The van der Waals surface area contributed by atoms with Gasteiger partial charge < -0.3 is 4.74 Å². The van der Waals surface area contributed by atoms with Gasteiger partial charge in [0, 0.05) is 5.02 Å². The highest BCUT2D eigenvalue weighted by Crippen LogP contribution is 2.41. The van der Waals surface area contributed by atoms with Crippen molar-refractivity contribution in [2.75, 3.05) is 11.5 Å². The number of epoxide rings is 1. The minimum atomic E-state index is -0.862. The molecule has 0 N–H and O–H groups in total. The van der Waals surface area contributed by atoms with Crippen LogP contribution in [0.3, 0.4) is 0 Å². The number of carbonyl (C=O) groups excluding carboxylic acids is 2. The SMILES string of the molecule is O=C1CC2(CO2)C(=O)N1c1cccc(Cl)c1. The van der Waals surface area contributed by atoms with Crippen LogP contribution in [-0.4, -0.2) is 24.0 Å². The van der Waals surface area contributed by atoms with Gasteiger partial charge in [0.05, 0.1) is 18.7 Å². The molecule has 2 aliphatic rings. The molecular formula is C11H8ClNO3. The summed E-state index contributed by atoms with van der Waals surface area (Å²) >= 11 is 5.82. The largest absolute Gasteiger partial charge is 0.359 e. The van der Waals surface area contributed by atoms with Crippen molar-refractivity contribution in [2.24, 2.45) is 0 Å². The standard InChI is InChI=1S/C11H8ClNO3/c12-7-2-1-3-8(4-7)13-9(14)5-11(6-16-11)10(13)15/h1-4H,5-6H2. The Morgan fingerprint density at radius 1 is 1.38 bits per heavy atom. The van der Waals surface area contributed by atoms with E-state index in [1.165, 1.54) is 0 Å². The van der Waals surface area contributed by atoms with Gasteiger partial charge in [-0.15, -0.1) is 0 Å². The second-order valence-electron chi connectivity index (χ2n) is 3.97. The first-order valence-corrected chi connectivity index (χ1v) is 5.27. The predicted molar refractivity (Wildman–Crippen MR) is 57.2 cm³/mol. The lowest BCUT2D eigenvalue weighted by molar-refractivity contribution is -0.122. The number of halogens is 1. The first kappa shape index (κ1) is 9.81. The van der Waals surface area contributed by atoms with Crippen molar-refractivity contribution in [3.05, 3.63) is 29.3 Å². The Hall–Kier alpha value is -1.39. The molecule has 1 aromatic carbocycles. The lowest BCUT2D eigenvalue weighted by atomic mass is 10.1. The van der Waals surface area contributed by atoms with E-state index in [1.54, 1.807) is 24.3 Å². The van der Waals surface area contributed by atoms with Crippen molar-refractivity contribution in [3.63, 3.8) is 0 Å². The molecule has 3 rings (SSSR count). The molecule has 1 aromatic rings. The maximum atomic E-state index is 11.9. The molecule has 1 unspecified atom stereocenters. The van der Waals surface area contributed by atoms with Crippen molar-refractivity contribution >= 4 is 29.1 Å². The van der Waals surface area contributed by atoms with Crippen molar-refractivity contribution < 1.29 is 14.3 Å². The minimum absolute atomic E-state index is 0.137. The van der Waals surface area contributed by atoms with Crippen LogP contribution in [0.2, 0.25) is 5.02 Å². The van der Waals surface area contributed by atoms with Crippen LogP contribution in [-0.2, 0) is 14.3 Å². The summed E-state index contributed by atoms with van der Waals surface area (Å²) in [7, 11) is 0. The van der Waals surface area contributed by atoms with E-state index in [0.29, 0.717) is 17.3 Å². The fourth-order valence-corrected chi connectivity index (χ4v) is 2.09. The number of hydrogen-bond donors (Lipinski definition) is 0. The number of ether oxygens (including phenoxy) is 1. The highest BCUT2D eigenvalue weighted by atomic mass is 35.5. The molecule has 0 aliphatic carbocycles. The molecule has 4 nitrogen and oxygen atoms in total. The molecule has 5 heteroatoms. The average Bonchev–Trinajstić information content (AvgIpc) is 2.94. The predicted octanol–water partition coefficient (Wildman–Crippen LogP) is 1.37. The maximum absolute atomic E-state index is 11.9. The highest BCUT2D eigenvalue weighted by Gasteiger charge is 2.62. The van der Waals surface area contributed by atoms with Gasteiger partial charge in [-0.25, -0.2) is 4.90 Å². The van der Waals surface area contributed by atoms with Gasteiger partial charge in [0.2, 0.25) is 5.91 Å². The molecule has 0 aromatic heterocycles. The van der Waals surface area contributed by atoms with Crippen molar-refractivity contribution in [1.82, 2.24) is 0 Å². The third kappa shape index (κ3) is 1.27. The van der Waals surface area contributed by atoms with Gasteiger partial charge in [-0.3, -0.25) is 9.59 Å². The summed E-state index contributed by atoms with van der Waals surface area (Å²) in [6.07, 6.45) is 0.137. The molecule has 1 spiro atoms. The molecular weight excluding hydrogens is 230 g/mol. The van der Waals surface area contributed by atoms with Gasteiger partial charge in [0.1, 0.15) is 0 Å². The second kappa shape index (κ2) is 3.06. The average molecular weight is 238 g/mol. The zero-order valence-corrected chi connectivity index (χ0v) is 9.03. The van der Waals surface area contributed by atoms with Gasteiger partial charge in [0.15, 0.2) is 5.60 Å². The Balaban J connectivity index is 2.01. The van der Waals surface area contributed by atoms with E-state index in [9.17, 15) is 9.59 Å². The van der Waals surface area contributed by atoms with Gasteiger partial charge in [-0.1, -0.05) is 17.7 Å². The number of benzene rings is 1. The van der Waals surface area contributed by atoms with Crippen LogP contribution in [0.5, 0.6) is 0 Å². The van der Waals surface area contributed by atoms with Gasteiger partial charge >= 0.3 is 0 Å². The van der Waals surface area contributed by atoms with E-state index in [2.05, 4.69) is 0 Å². The summed E-state index contributed by atoms with van der Waals surface area (Å²) in [5.74, 6) is -0.510. The summed E-state index contributed by atoms with van der Waals surface area (Å²) in [4.78, 5) is 24.8. The van der Waals surface area contributed by atoms with Crippen LogP contribution in [0.25, 0.3) is 0 Å². The molecule has 2 saturated heterocycles. The molecule has 0 saturated carbocycles. The summed E-state index contributed by atoms with van der Waals surface area (Å²) in [6, 6.07) is 6.68. The van der Waals surface area contributed by atoms with Crippen LogP contribution >= 0.6 is 11.6 Å². The van der Waals surface area contributed by atoms with E-state index in [0.717, 1.165) is 4.90 Å². The molecule has 1 atom stereocenters. The highest BCUT2D eigenvalue weighted by molar-refractivity contribution is 6.31. The van der Waals surface area contributed by atoms with E-state index in [4.69, 9.17) is 16.3 Å². The zero-order chi connectivity index (χ0) is 11.3. The molecule has 82 valence electrons. The summed E-state index contributed by atoms with van der Waals surface area (Å²) in [6.45, 7) is 0.342. The number of anilines is 1. The Labute approximate surface area is 96.7 Å². The van der Waals surface area contributed by atoms with E-state index in [1.807, 2.05) is 0 Å². The van der Waals surface area contributed by atoms with Gasteiger partial charge in [0.25, 0.3) is 5.91 Å². The van der Waals surface area contributed by atoms with Crippen LogP contribution in [0.4, 0.5) is 5.69 Å². The number of nitrogens with zero attached hydrogens (tertiary/aromatic N) is 1. The number of amides is 2. The van der Waals surface area contributed by atoms with E-state index >= 15 is 0 Å². The minimum Gasteiger partial charge on any atom is -0.359 e. The van der Waals surface area contributed by atoms with Gasteiger partial charge in [-0.2, -0.15) is 0 Å². The first-order chi connectivity index (χ1) is 7.62. The number of rotatable bonds is 1. The topological polar surface area (TPSA) is 49.9 Å². The smallest absolute Gasteiger partial charge is 0.268 e. The lowest BCUT2D eigenvalue weighted by Crippen LogP contribution is -2.33. The molecule has 2 fully saturated rings. The monoisotopic (exact) mass is 237 g/mol. The van der Waals surface area contributed by atoms with Crippen molar-refractivity contribution in [1.29, 1.82) is 0 Å². The third-order valence-corrected chi connectivity index (χ3v) is 3.07. The quantitative estimate of drug-likeness (QED) is 0.548. The third-order valence-electron chi connectivity index (χ3n) is 2.84. The van der Waals surface area contributed by atoms with Crippen LogP contribution in [0.1, 0.15) is 6.42 Å². The normalized spacial score (nSPS) is 27.9. The zero-order valence-electron chi connectivity index (χ0n) is 8.27. The molecule has 2 heterocycles. The van der Waals surface area contributed by atoms with Crippen molar-refractivity contribution in [3.8, 4) is 0 Å². The Bertz CT molecular complexity index is 496.